The number of aromatic nitrogens is 3. The zero-order chi connectivity index (χ0) is 13.1. The van der Waals surface area contributed by atoms with E-state index < -0.39 is 0 Å². The molecule has 1 amide bonds. The molecule has 19 heavy (non-hydrogen) atoms. The van der Waals surface area contributed by atoms with Gasteiger partial charge in [0.1, 0.15) is 6.10 Å². The number of carbonyl (C=O) groups excluding carboxylic acids is 1. The Bertz CT molecular complexity index is 543. The number of amides is 1. The number of ether oxygens (including phenoxy) is 1. The van der Waals surface area contributed by atoms with Crippen LogP contribution in [0.15, 0.2) is 35.1 Å². The molecule has 1 aliphatic rings. The van der Waals surface area contributed by atoms with E-state index in [9.17, 15) is 4.79 Å². The molecule has 7 nitrogen and oxygen atoms in total. The molecule has 1 atom stereocenters. The summed E-state index contributed by atoms with van der Waals surface area (Å²) >= 11 is 0. The number of likely N-dealkylation sites (tertiary alicyclic amines) is 1. The predicted octanol–water partition coefficient (Wildman–Crippen LogP) is 0.758. The largest absolute Gasteiger partial charge is 0.471 e. The average Bonchev–Trinajstić information content (AvgIpc) is 3.10. The number of hydrogen-bond acceptors (Lipinski definition) is 6. The fourth-order valence-corrected chi connectivity index (χ4v) is 2.01. The Morgan fingerprint density at radius 2 is 2.37 bits per heavy atom. The number of carbonyl (C=O) groups is 1. The first-order valence-electron chi connectivity index (χ1n) is 5.97. The first-order chi connectivity index (χ1) is 9.33. The van der Waals surface area contributed by atoms with Crippen LogP contribution in [0.3, 0.4) is 0 Å². The van der Waals surface area contributed by atoms with Crippen molar-refractivity contribution in [3.63, 3.8) is 0 Å². The maximum absolute atomic E-state index is 12.0. The van der Waals surface area contributed by atoms with Crippen LogP contribution in [0.2, 0.25) is 0 Å². The maximum Gasteiger partial charge on any atom is 0.292 e. The lowest BCUT2D eigenvalue weighted by Gasteiger charge is -2.15. The smallest absolute Gasteiger partial charge is 0.292 e. The van der Waals surface area contributed by atoms with Crippen LogP contribution in [0.1, 0.15) is 17.0 Å². The Morgan fingerprint density at radius 3 is 3.11 bits per heavy atom. The molecule has 0 aliphatic carbocycles. The second-order valence-corrected chi connectivity index (χ2v) is 4.22. The van der Waals surface area contributed by atoms with Crippen LogP contribution in [0.5, 0.6) is 5.88 Å². The van der Waals surface area contributed by atoms with E-state index in [4.69, 9.17) is 9.26 Å². The lowest BCUT2D eigenvalue weighted by atomic mass is 10.3. The lowest BCUT2D eigenvalue weighted by Crippen LogP contribution is -2.30. The zero-order valence-electron chi connectivity index (χ0n) is 10.1. The van der Waals surface area contributed by atoms with Gasteiger partial charge in [-0.2, -0.15) is 5.10 Å². The number of nitrogens with zero attached hydrogens (tertiary/aromatic N) is 4. The highest BCUT2D eigenvalue weighted by Crippen LogP contribution is 2.17. The van der Waals surface area contributed by atoms with Gasteiger partial charge in [0.15, 0.2) is 0 Å². The van der Waals surface area contributed by atoms with Gasteiger partial charge in [0.25, 0.3) is 5.91 Å². The maximum atomic E-state index is 12.0. The van der Waals surface area contributed by atoms with Gasteiger partial charge in [0.2, 0.25) is 11.6 Å². The van der Waals surface area contributed by atoms with Gasteiger partial charge in [0.05, 0.1) is 12.7 Å². The van der Waals surface area contributed by atoms with Gasteiger partial charge < -0.3 is 14.2 Å². The highest BCUT2D eigenvalue weighted by Gasteiger charge is 2.30. The van der Waals surface area contributed by atoms with Crippen molar-refractivity contribution in [2.24, 2.45) is 0 Å². The second-order valence-electron chi connectivity index (χ2n) is 4.22. The highest BCUT2D eigenvalue weighted by molar-refractivity contribution is 5.91. The Balaban J connectivity index is 1.60. The van der Waals surface area contributed by atoms with E-state index >= 15 is 0 Å². The first kappa shape index (κ1) is 11.6. The topological polar surface area (TPSA) is 81.4 Å². The van der Waals surface area contributed by atoms with Gasteiger partial charge >= 0.3 is 0 Å². The third-order valence-corrected chi connectivity index (χ3v) is 2.92. The van der Waals surface area contributed by atoms with Crippen molar-refractivity contribution in [3.8, 4) is 5.88 Å². The van der Waals surface area contributed by atoms with Gasteiger partial charge in [-0.15, -0.1) is 5.10 Å². The molecule has 1 fully saturated rings. The Labute approximate surface area is 109 Å². The van der Waals surface area contributed by atoms with Crippen molar-refractivity contribution in [3.05, 3.63) is 36.4 Å². The van der Waals surface area contributed by atoms with Gasteiger partial charge in [-0.05, 0) is 6.07 Å². The van der Waals surface area contributed by atoms with E-state index in [2.05, 4.69) is 15.4 Å². The summed E-state index contributed by atoms with van der Waals surface area (Å²) in [4.78, 5) is 13.7. The van der Waals surface area contributed by atoms with Gasteiger partial charge in [0, 0.05) is 31.3 Å². The van der Waals surface area contributed by atoms with Crippen molar-refractivity contribution in [1.82, 2.24) is 20.3 Å². The van der Waals surface area contributed by atoms with Crippen molar-refractivity contribution >= 4 is 5.91 Å². The van der Waals surface area contributed by atoms with Gasteiger partial charge in [-0.25, -0.2) is 0 Å². The lowest BCUT2D eigenvalue weighted by molar-refractivity contribution is 0.0730. The monoisotopic (exact) mass is 260 g/mol. The highest BCUT2D eigenvalue weighted by atomic mass is 16.5. The minimum absolute atomic E-state index is 0.0661. The Kier molecular flexibility index (Phi) is 3.09. The van der Waals surface area contributed by atoms with E-state index in [1.54, 1.807) is 29.3 Å². The van der Waals surface area contributed by atoms with Crippen molar-refractivity contribution in [2.75, 3.05) is 13.1 Å². The Morgan fingerprint density at radius 1 is 1.42 bits per heavy atom. The summed E-state index contributed by atoms with van der Waals surface area (Å²) in [6.45, 7) is 1.14. The second kappa shape index (κ2) is 5.05. The fraction of sp³-hybridized carbons (Fsp3) is 0.333. The third-order valence-electron chi connectivity index (χ3n) is 2.92. The standard InChI is InChI=1S/C12H12N4O3/c17-12(10-3-6-14-19-10)16-7-4-9(8-16)18-11-2-1-5-13-15-11/h1-3,5-6,9H,4,7-8H2/t9-/m0/s1. The normalized spacial score (nSPS) is 18.5. The molecule has 0 bridgehead atoms. The predicted molar refractivity (Wildman–Crippen MR) is 63.5 cm³/mol. The molecule has 1 aliphatic heterocycles. The summed E-state index contributed by atoms with van der Waals surface area (Å²) in [5.74, 6) is 0.560. The molecule has 0 unspecified atom stereocenters. The SMILES string of the molecule is O=C(c1ccno1)N1CC[C@H](Oc2cccnn2)C1. The van der Waals surface area contributed by atoms with Crippen LogP contribution in [-0.2, 0) is 0 Å². The van der Waals surface area contributed by atoms with E-state index in [1.807, 2.05) is 0 Å². The van der Waals surface area contributed by atoms with Crippen LogP contribution in [-0.4, -0.2) is 45.4 Å². The first-order valence-corrected chi connectivity index (χ1v) is 5.97. The third kappa shape index (κ3) is 2.54. The minimum atomic E-state index is -0.164. The Hall–Kier alpha value is -2.44. The van der Waals surface area contributed by atoms with E-state index in [-0.39, 0.29) is 17.8 Å². The molecule has 3 heterocycles. The van der Waals surface area contributed by atoms with Crippen LogP contribution in [0.25, 0.3) is 0 Å². The molecule has 1 saturated heterocycles. The molecule has 0 N–H and O–H groups in total. The molecular formula is C12H12N4O3. The summed E-state index contributed by atoms with van der Waals surface area (Å²) in [5, 5.41) is 11.1. The summed E-state index contributed by atoms with van der Waals surface area (Å²) in [6.07, 6.45) is 3.73. The molecule has 0 saturated carbocycles. The van der Waals surface area contributed by atoms with Gasteiger partial charge in [-0.3, -0.25) is 4.79 Å². The number of hydrogen-bond donors (Lipinski definition) is 0. The fourth-order valence-electron chi connectivity index (χ4n) is 2.01. The molecule has 2 aromatic rings. The van der Waals surface area contributed by atoms with Crippen molar-refractivity contribution in [2.45, 2.75) is 12.5 Å². The molecule has 0 aromatic carbocycles. The van der Waals surface area contributed by atoms with E-state index in [1.165, 1.54) is 6.20 Å². The minimum Gasteiger partial charge on any atom is -0.471 e. The molecule has 0 radical (unpaired) electrons. The van der Waals surface area contributed by atoms with Gasteiger partial charge in [-0.1, -0.05) is 5.16 Å². The molecule has 7 heteroatoms. The molecule has 3 rings (SSSR count). The average molecular weight is 260 g/mol. The quantitative estimate of drug-likeness (QED) is 0.810. The molecular weight excluding hydrogens is 248 g/mol. The zero-order valence-corrected chi connectivity index (χ0v) is 10.1. The molecule has 98 valence electrons. The van der Waals surface area contributed by atoms with Crippen LogP contribution in [0.4, 0.5) is 0 Å². The molecule has 0 spiro atoms. The van der Waals surface area contributed by atoms with Crippen molar-refractivity contribution < 1.29 is 14.1 Å². The van der Waals surface area contributed by atoms with E-state index in [0.717, 1.165) is 6.42 Å². The van der Waals surface area contributed by atoms with Crippen LogP contribution >= 0.6 is 0 Å². The summed E-state index contributed by atoms with van der Waals surface area (Å²) < 4.78 is 10.5. The summed E-state index contributed by atoms with van der Waals surface area (Å²) in [7, 11) is 0. The van der Waals surface area contributed by atoms with Crippen LogP contribution < -0.4 is 4.74 Å². The molecule has 2 aromatic heterocycles. The van der Waals surface area contributed by atoms with Crippen molar-refractivity contribution in [1.29, 1.82) is 0 Å². The van der Waals surface area contributed by atoms with Crippen LogP contribution in [0, 0.1) is 0 Å². The van der Waals surface area contributed by atoms with E-state index in [0.29, 0.717) is 19.0 Å². The number of rotatable bonds is 3. The summed E-state index contributed by atoms with van der Waals surface area (Å²) in [5.41, 5.74) is 0. The summed E-state index contributed by atoms with van der Waals surface area (Å²) in [6, 6.07) is 5.06.